The molecule has 152 valence electrons. The molecule has 2 bridgehead atoms. The van der Waals surface area contributed by atoms with Crippen LogP contribution in [0.25, 0.3) is 21.9 Å². The molecule has 3 aromatic carbocycles. The Balaban J connectivity index is 1.47. The van der Waals surface area contributed by atoms with E-state index in [1.54, 1.807) is 5.56 Å². The molecule has 1 saturated heterocycles. The van der Waals surface area contributed by atoms with Crippen LogP contribution in [0.5, 0.6) is 5.75 Å². The summed E-state index contributed by atoms with van der Waals surface area (Å²) in [7, 11) is 0. The van der Waals surface area contributed by atoms with Crippen molar-refractivity contribution in [1.29, 1.82) is 0 Å². The molecule has 3 aliphatic carbocycles. The number of hydrogen-bond donors (Lipinski definition) is 1. The van der Waals surface area contributed by atoms with Crippen LogP contribution in [0.15, 0.2) is 48.5 Å². The van der Waals surface area contributed by atoms with Gasteiger partial charge < -0.3 is 10.0 Å². The lowest BCUT2D eigenvalue weighted by Crippen LogP contribution is -2.29. The first-order valence-electron chi connectivity index (χ1n) is 11.9. The predicted molar refractivity (Wildman–Crippen MR) is 123 cm³/mol. The van der Waals surface area contributed by atoms with Crippen molar-refractivity contribution in [2.45, 2.75) is 50.4 Å². The highest BCUT2D eigenvalue weighted by molar-refractivity contribution is 6.04. The van der Waals surface area contributed by atoms with Crippen molar-refractivity contribution in [3.05, 3.63) is 59.7 Å². The topological polar surface area (TPSA) is 23.5 Å². The summed E-state index contributed by atoms with van der Waals surface area (Å²) in [6.07, 6.45) is 7.99. The number of benzene rings is 3. The number of phenolic OH excluding ortho intramolecular Hbond substituents is 1. The molecule has 0 spiro atoms. The lowest BCUT2D eigenvalue weighted by Gasteiger charge is -2.39. The summed E-state index contributed by atoms with van der Waals surface area (Å²) in [6, 6.07) is 18.1. The second kappa shape index (κ2) is 6.26. The summed E-state index contributed by atoms with van der Waals surface area (Å²) in [6.45, 7) is 2.26. The highest BCUT2D eigenvalue weighted by atomic mass is 16.3. The van der Waals surface area contributed by atoms with Gasteiger partial charge in [0, 0.05) is 24.2 Å². The molecular weight excluding hydrogens is 366 g/mol. The summed E-state index contributed by atoms with van der Waals surface area (Å²) in [5, 5.41) is 13.4. The maximum atomic E-state index is 11.2. The zero-order valence-electron chi connectivity index (χ0n) is 17.5. The highest BCUT2D eigenvalue weighted by Crippen LogP contribution is 2.66. The standard InChI is InChI=1S/C28H29NO/c30-25-16-24-27-18-9-8-17(14-18)26(27)20-6-2-3-7-21(20)28(24)22-11-10-19(15-23(22)25)29-12-4-1-5-13-29/h2-3,6-7,10-11,15-18,26-27,30H,1,4-5,8-9,12-14H2. The van der Waals surface area contributed by atoms with Crippen LogP contribution in [0.1, 0.15) is 61.5 Å². The fourth-order valence-corrected chi connectivity index (χ4v) is 7.53. The predicted octanol–water partition coefficient (Wildman–Crippen LogP) is 6.81. The largest absolute Gasteiger partial charge is 0.507 e. The van der Waals surface area contributed by atoms with E-state index in [2.05, 4.69) is 53.4 Å². The van der Waals surface area contributed by atoms with Crippen LogP contribution in [0.3, 0.4) is 0 Å². The zero-order chi connectivity index (χ0) is 19.8. The molecule has 0 radical (unpaired) electrons. The normalized spacial score (nSPS) is 29.0. The van der Waals surface area contributed by atoms with Crippen molar-refractivity contribution >= 4 is 16.5 Å². The van der Waals surface area contributed by atoms with E-state index in [4.69, 9.17) is 0 Å². The van der Waals surface area contributed by atoms with E-state index >= 15 is 0 Å². The van der Waals surface area contributed by atoms with Gasteiger partial charge in [0.15, 0.2) is 0 Å². The third-order valence-electron chi connectivity index (χ3n) is 8.72. The van der Waals surface area contributed by atoms with Gasteiger partial charge in [0.1, 0.15) is 5.75 Å². The molecule has 3 fully saturated rings. The van der Waals surface area contributed by atoms with E-state index in [1.165, 1.54) is 66.3 Å². The summed E-state index contributed by atoms with van der Waals surface area (Å²) < 4.78 is 0. The molecule has 0 amide bonds. The Bertz CT molecular complexity index is 1160. The van der Waals surface area contributed by atoms with E-state index in [-0.39, 0.29) is 0 Å². The number of fused-ring (bicyclic) bond motifs is 12. The Kier molecular flexibility index (Phi) is 3.60. The first-order valence-corrected chi connectivity index (χ1v) is 11.9. The highest BCUT2D eigenvalue weighted by Gasteiger charge is 2.52. The van der Waals surface area contributed by atoms with Gasteiger partial charge in [0.05, 0.1) is 0 Å². The summed E-state index contributed by atoms with van der Waals surface area (Å²) in [4.78, 5) is 2.49. The number of aromatic hydroxyl groups is 1. The van der Waals surface area contributed by atoms with Gasteiger partial charge in [-0.3, -0.25) is 0 Å². The molecule has 2 nitrogen and oxygen atoms in total. The first kappa shape index (κ1) is 17.2. The first-order chi connectivity index (χ1) is 14.8. The molecule has 30 heavy (non-hydrogen) atoms. The lowest BCUT2D eigenvalue weighted by atomic mass is 9.65. The third kappa shape index (κ3) is 2.25. The van der Waals surface area contributed by atoms with Gasteiger partial charge in [-0.2, -0.15) is 0 Å². The molecule has 1 aliphatic heterocycles. The fraction of sp³-hybridized carbons (Fsp3) is 0.429. The van der Waals surface area contributed by atoms with Crippen molar-refractivity contribution in [1.82, 2.24) is 0 Å². The van der Waals surface area contributed by atoms with Crippen LogP contribution in [0.2, 0.25) is 0 Å². The van der Waals surface area contributed by atoms with Crippen molar-refractivity contribution < 1.29 is 5.11 Å². The SMILES string of the molecule is Oc1cc2c(c3ccc(N4CCCCC4)cc13)-c1ccccc1C1C3CCC(C3)C21. The molecule has 1 N–H and O–H groups in total. The molecule has 3 aromatic rings. The number of anilines is 1. The van der Waals surface area contributed by atoms with Crippen molar-refractivity contribution in [2.24, 2.45) is 11.8 Å². The Labute approximate surface area is 178 Å². The molecule has 1 heterocycles. The molecule has 4 unspecified atom stereocenters. The average Bonchev–Trinajstić information content (AvgIpc) is 3.42. The van der Waals surface area contributed by atoms with E-state index in [1.807, 2.05) is 0 Å². The Hall–Kier alpha value is -2.48. The van der Waals surface area contributed by atoms with Gasteiger partial charge in [-0.25, -0.2) is 0 Å². The van der Waals surface area contributed by atoms with Crippen LogP contribution in [0.4, 0.5) is 5.69 Å². The van der Waals surface area contributed by atoms with E-state index in [9.17, 15) is 5.11 Å². The van der Waals surface area contributed by atoms with Gasteiger partial charge in [0.2, 0.25) is 0 Å². The Morgan fingerprint density at radius 1 is 0.767 bits per heavy atom. The van der Waals surface area contributed by atoms with Crippen LogP contribution < -0.4 is 4.90 Å². The minimum atomic E-state index is 0.475. The van der Waals surface area contributed by atoms with Crippen LogP contribution in [-0.4, -0.2) is 18.2 Å². The molecule has 0 aromatic heterocycles. The smallest absolute Gasteiger partial charge is 0.123 e. The lowest BCUT2D eigenvalue weighted by molar-refractivity contribution is 0.362. The van der Waals surface area contributed by atoms with E-state index in [0.29, 0.717) is 17.6 Å². The maximum absolute atomic E-state index is 11.2. The second-order valence-electron chi connectivity index (χ2n) is 10.1. The minimum Gasteiger partial charge on any atom is -0.507 e. The van der Waals surface area contributed by atoms with Gasteiger partial charge in [0.25, 0.3) is 0 Å². The summed E-state index contributed by atoms with van der Waals surface area (Å²) >= 11 is 0. The van der Waals surface area contributed by atoms with Crippen molar-refractivity contribution in [3.8, 4) is 16.9 Å². The van der Waals surface area contributed by atoms with Crippen molar-refractivity contribution in [2.75, 3.05) is 18.0 Å². The van der Waals surface area contributed by atoms with Crippen LogP contribution in [0, 0.1) is 11.8 Å². The van der Waals surface area contributed by atoms with Crippen molar-refractivity contribution in [3.63, 3.8) is 0 Å². The Morgan fingerprint density at radius 2 is 1.53 bits per heavy atom. The molecule has 2 heteroatoms. The minimum absolute atomic E-state index is 0.475. The van der Waals surface area contributed by atoms with Gasteiger partial charge in [-0.1, -0.05) is 30.3 Å². The molecule has 4 atom stereocenters. The number of hydrogen-bond acceptors (Lipinski definition) is 2. The molecule has 4 aliphatic rings. The van der Waals surface area contributed by atoms with Gasteiger partial charge in [-0.15, -0.1) is 0 Å². The van der Waals surface area contributed by atoms with Gasteiger partial charge >= 0.3 is 0 Å². The maximum Gasteiger partial charge on any atom is 0.123 e. The monoisotopic (exact) mass is 395 g/mol. The van der Waals surface area contributed by atoms with E-state index < -0.39 is 0 Å². The van der Waals surface area contributed by atoms with Crippen LogP contribution in [-0.2, 0) is 0 Å². The third-order valence-corrected chi connectivity index (χ3v) is 8.72. The summed E-state index contributed by atoms with van der Waals surface area (Å²) in [5.74, 6) is 3.33. The number of piperidine rings is 1. The molecule has 2 saturated carbocycles. The number of phenols is 1. The Morgan fingerprint density at radius 3 is 2.37 bits per heavy atom. The average molecular weight is 396 g/mol. The number of nitrogens with zero attached hydrogens (tertiary/aromatic N) is 1. The fourth-order valence-electron chi connectivity index (χ4n) is 7.53. The zero-order valence-corrected chi connectivity index (χ0v) is 17.5. The van der Waals surface area contributed by atoms with Crippen LogP contribution >= 0.6 is 0 Å². The second-order valence-corrected chi connectivity index (χ2v) is 10.1. The molecular formula is C28H29NO. The summed E-state index contributed by atoms with van der Waals surface area (Å²) in [5.41, 5.74) is 7.06. The van der Waals surface area contributed by atoms with Gasteiger partial charge in [-0.05, 0) is 108 Å². The van der Waals surface area contributed by atoms with E-state index in [0.717, 1.165) is 30.3 Å². The molecule has 7 rings (SSSR count). The number of rotatable bonds is 1. The quantitative estimate of drug-likeness (QED) is 0.489.